The number of esters is 1. The van der Waals surface area contributed by atoms with Crippen LogP contribution in [0, 0.1) is 10.1 Å². The fourth-order valence-electron chi connectivity index (χ4n) is 2.32. The summed E-state index contributed by atoms with van der Waals surface area (Å²) in [6.45, 7) is 0. The number of nitrogens with one attached hydrogen (secondary N) is 1. The molecule has 2 aromatic rings. The lowest BCUT2D eigenvalue weighted by molar-refractivity contribution is -0.436. The van der Waals surface area contributed by atoms with Gasteiger partial charge in [-0.05, 0) is 24.3 Å². The highest BCUT2D eigenvalue weighted by Gasteiger charge is 2.39. The Morgan fingerprint density at radius 2 is 2.04 bits per heavy atom. The van der Waals surface area contributed by atoms with Crippen LogP contribution in [0.5, 0.6) is 0 Å². The number of nitro groups is 1. The first-order chi connectivity index (χ1) is 11.1. The second kappa shape index (κ2) is 6.10. The average Bonchev–Trinajstić information content (AvgIpc) is 2.85. The van der Waals surface area contributed by atoms with E-state index in [9.17, 15) is 14.9 Å². The molecule has 0 bridgehead atoms. The van der Waals surface area contributed by atoms with Gasteiger partial charge in [0.2, 0.25) is 6.10 Å². The molecule has 0 spiro atoms. The first-order valence-electron chi connectivity index (χ1n) is 6.73. The summed E-state index contributed by atoms with van der Waals surface area (Å²) in [5, 5.41) is 14.7. The number of halogens is 1. The third kappa shape index (κ3) is 3.02. The van der Waals surface area contributed by atoms with E-state index < -0.39 is 17.0 Å². The summed E-state index contributed by atoms with van der Waals surface area (Å²) in [5.41, 5.74) is 1.15. The molecule has 0 radical (unpaired) electrons. The number of rotatable bonds is 4. The molecule has 6 nitrogen and oxygen atoms in total. The predicted octanol–water partition coefficient (Wildman–Crippen LogP) is 3.78. The maximum atomic E-state index is 11.8. The zero-order valence-corrected chi connectivity index (χ0v) is 12.5. The molecule has 3 rings (SSSR count). The van der Waals surface area contributed by atoms with Crippen LogP contribution in [-0.4, -0.2) is 10.9 Å². The average molecular weight is 331 g/mol. The van der Waals surface area contributed by atoms with Crippen LogP contribution in [0.3, 0.4) is 0 Å². The summed E-state index contributed by atoms with van der Waals surface area (Å²) in [4.78, 5) is 22.6. The predicted molar refractivity (Wildman–Crippen MR) is 84.8 cm³/mol. The molecule has 1 N–H and O–H groups in total. The zero-order chi connectivity index (χ0) is 16.4. The number of benzene rings is 2. The highest BCUT2D eigenvalue weighted by molar-refractivity contribution is 6.30. The van der Waals surface area contributed by atoms with Crippen molar-refractivity contribution in [3.05, 3.63) is 86.7 Å². The van der Waals surface area contributed by atoms with Crippen molar-refractivity contribution >= 4 is 23.3 Å². The number of nitrogens with zero attached hydrogens (tertiary/aromatic N) is 1. The Bertz CT molecular complexity index is 819. The monoisotopic (exact) mass is 330 g/mol. The summed E-state index contributed by atoms with van der Waals surface area (Å²) >= 11 is 5.87. The van der Waals surface area contributed by atoms with Crippen molar-refractivity contribution in [3.8, 4) is 0 Å². The molecule has 0 fully saturated rings. The summed E-state index contributed by atoms with van der Waals surface area (Å²) in [7, 11) is 0. The lowest BCUT2D eigenvalue weighted by Gasteiger charge is -2.09. The third-order valence-electron chi connectivity index (χ3n) is 3.38. The van der Waals surface area contributed by atoms with Crippen LogP contribution in [0.2, 0.25) is 5.02 Å². The maximum Gasteiger partial charge on any atom is 0.339 e. The van der Waals surface area contributed by atoms with E-state index in [1.165, 1.54) is 6.20 Å². The summed E-state index contributed by atoms with van der Waals surface area (Å²) in [6, 6.07) is 13.4. The molecular formula is C16H11ClN2O4. The summed E-state index contributed by atoms with van der Waals surface area (Å²) in [6.07, 6.45) is 0.173. The number of anilines is 1. The van der Waals surface area contributed by atoms with E-state index in [0.29, 0.717) is 21.8 Å². The number of hydrogen-bond donors (Lipinski definition) is 1. The van der Waals surface area contributed by atoms with Gasteiger partial charge in [0.05, 0.1) is 16.7 Å². The second-order valence-electron chi connectivity index (χ2n) is 4.85. The number of cyclic esters (lactones) is 1. The van der Waals surface area contributed by atoms with E-state index in [0.717, 1.165) is 0 Å². The van der Waals surface area contributed by atoms with E-state index >= 15 is 0 Å². The first-order valence-corrected chi connectivity index (χ1v) is 7.10. The smallest absolute Gasteiger partial charge is 0.339 e. The fourth-order valence-corrected chi connectivity index (χ4v) is 2.52. The van der Waals surface area contributed by atoms with Crippen molar-refractivity contribution in [3.63, 3.8) is 0 Å². The summed E-state index contributed by atoms with van der Waals surface area (Å²) < 4.78 is 5.15. The Balaban J connectivity index is 1.93. The van der Waals surface area contributed by atoms with Gasteiger partial charge in [0.25, 0.3) is 0 Å². The largest absolute Gasteiger partial charge is 0.442 e. The van der Waals surface area contributed by atoms with Crippen molar-refractivity contribution in [2.45, 2.75) is 6.10 Å². The van der Waals surface area contributed by atoms with Crippen molar-refractivity contribution in [2.24, 2.45) is 0 Å². The molecule has 0 aromatic heterocycles. The van der Waals surface area contributed by atoms with E-state index in [1.807, 2.05) is 0 Å². The van der Waals surface area contributed by atoms with Crippen LogP contribution >= 0.6 is 11.6 Å². The van der Waals surface area contributed by atoms with Crippen molar-refractivity contribution in [1.82, 2.24) is 0 Å². The molecule has 7 heteroatoms. The molecule has 0 saturated heterocycles. The SMILES string of the molecule is O=C1OC(C(=CNc2cccc(Cl)c2)[N+](=O)[O-])c2ccccc21. The Kier molecular flexibility index (Phi) is 3.99. The van der Waals surface area contributed by atoms with Crippen LogP contribution in [-0.2, 0) is 4.74 Å². The van der Waals surface area contributed by atoms with Gasteiger partial charge in [-0.2, -0.15) is 0 Å². The van der Waals surface area contributed by atoms with Gasteiger partial charge in [0.1, 0.15) is 0 Å². The highest BCUT2D eigenvalue weighted by atomic mass is 35.5. The topological polar surface area (TPSA) is 81.5 Å². The molecular weight excluding hydrogens is 320 g/mol. The molecule has 1 atom stereocenters. The molecule has 1 unspecified atom stereocenters. The lowest BCUT2D eigenvalue weighted by Crippen LogP contribution is -2.12. The van der Waals surface area contributed by atoms with E-state index in [1.54, 1.807) is 48.5 Å². The van der Waals surface area contributed by atoms with Crippen molar-refractivity contribution in [1.29, 1.82) is 0 Å². The minimum atomic E-state index is -1.04. The number of ether oxygens (including phenoxy) is 1. The van der Waals surface area contributed by atoms with Crippen molar-refractivity contribution < 1.29 is 14.5 Å². The van der Waals surface area contributed by atoms with E-state index in [4.69, 9.17) is 16.3 Å². The highest BCUT2D eigenvalue weighted by Crippen LogP contribution is 2.35. The molecule has 2 aromatic carbocycles. The molecule has 23 heavy (non-hydrogen) atoms. The van der Waals surface area contributed by atoms with Crippen LogP contribution in [0.25, 0.3) is 0 Å². The number of carbonyl (C=O) groups excluding carboxylic acids is 1. The maximum absolute atomic E-state index is 11.8. The van der Waals surface area contributed by atoms with Crippen LogP contribution < -0.4 is 5.32 Å². The van der Waals surface area contributed by atoms with Gasteiger partial charge in [0.15, 0.2) is 0 Å². The van der Waals surface area contributed by atoms with E-state index in [2.05, 4.69) is 5.32 Å². The van der Waals surface area contributed by atoms with Gasteiger partial charge in [-0.15, -0.1) is 0 Å². The van der Waals surface area contributed by atoms with Gasteiger partial charge in [-0.25, -0.2) is 4.79 Å². The molecule has 0 aliphatic carbocycles. The quantitative estimate of drug-likeness (QED) is 0.524. The number of fused-ring (bicyclic) bond motifs is 1. The van der Waals surface area contributed by atoms with Gasteiger partial charge < -0.3 is 10.1 Å². The van der Waals surface area contributed by atoms with Gasteiger partial charge in [0, 0.05) is 16.3 Å². The Morgan fingerprint density at radius 1 is 1.26 bits per heavy atom. The molecule has 116 valence electrons. The van der Waals surface area contributed by atoms with Gasteiger partial charge in [-0.3, -0.25) is 10.1 Å². The summed E-state index contributed by atoms with van der Waals surface area (Å²) in [5.74, 6) is -0.568. The first kappa shape index (κ1) is 15.1. The van der Waals surface area contributed by atoms with Crippen LogP contribution in [0.1, 0.15) is 22.0 Å². The Hall–Kier alpha value is -2.86. The van der Waals surface area contributed by atoms with Crippen molar-refractivity contribution in [2.75, 3.05) is 5.32 Å². The lowest BCUT2D eigenvalue weighted by atomic mass is 10.0. The normalized spacial score (nSPS) is 16.7. The van der Waals surface area contributed by atoms with Gasteiger partial charge in [-0.1, -0.05) is 35.9 Å². The molecule has 1 heterocycles. The number of hydrogen-bond acceptors (Lipinski definition) is 5. The minimum Gasteiger partial charge on any atom is -0.442 e. The Morgan fingerprint density at radius 3 is 2.78 bits per heavy atom. The minimum absolute atomic E-state index is 0.261. The number of carbonyl (C=O) groups is 1. The molecule has 0 amide bonds. The third-order valence-corrected chi connectivity index (χ3v) is 3.61. The molecule has 1 aliphatic rings. The molecule has 0 saturated carbocycles. The van der Waals surface area contributed by atoms with E-state index in [-0.39, 0.29) is 5.70 Å². The second-order valence-corrected chi connectivity index (χ2v) is 5.29. The Labute approximate surface area is 136 Å². The van der Waals surface area contributed by atoms with Crippen LogP contribution in [0.15, 0.2) is 60.4 Å². The zero-order valence-electron chi connectivity index (χ0n) is 11.7. The fraction of sp³-hybridized carbons (Fsp3) is 0.0625. The standard InChI is InChI=1S/C16H11ClN2O4/c17-10-4-3-5-11(8-10)18-9-14(19(21)22)15-12-6-1-2-7-13(12)16(20)23-15/h1-9,15,18H. The molecule has 1 aliphatic heterocycles. The van der Waals surface area contributed by atoms with Crippen LogP contribution in [0.4, 0.5) is 5.69 Å². The van der Waals surface area contributed by atoms with Gasteiger partial charge >= 0.3 is 11.7 Å².